The molecule has 2 unspecified atom stereocenters. The van der Waals surface area contributed by atoms with Crippen LogP contribution >= 0.6 is 0 Å². The third kappa shape index (κ3) is 7.30. The summed E-state index contributed by atoms with van der Waals surface area (Å²) in [5.74, 6) is -5.72. The van der Waals surface area contributed by atoms with Crippen LogP contribution in [0.1, 0.15) is 71.6 Å². The van der Waals surface area contributed by atoms with E-state index in [1.807, 2.05) is 0 Å². The van der Waals surface area contributed by atoms with Gasteiger partial charge in [0.05, 0.1) is 17.5 Å². The van der Waals surface area contributed by atoms with E-state index in [1.54, 1.807) is 0 Å². The Bertz CT molecular complexity index is 1500. The first-order valence-electron chi connectivity index (χ1n) is 13.1. The van der Waals surface area contributed by atoms with Crippen LogP contribution in [-0.4, -0.2) is 63.2 Å². The molecular formula is C26H26F8N6O3. The molecule has 2 aromatic heterocycles. The summed E-state index contributed by atoms with van der Waals surface area (Å²) in [6.07, 6.45) is -10.5. The number of alkyl halides is 5. The highest BCUT2D eigenvalue weighted by Gasteiger charge is 2.37. The molecule has 0 bridgehead atoms. The summed E-state index contributed by atoms with van der Waals surface area (Å²) in [4.78, 5) is 33.0. The third-order valence-corrected chi connectivity index (χ3v) is 7.34. The van der Waals surface area contributed by atoms with Gasteiger partial charge < -0.3 is 15.2 Å². The van der Waals surface area contributed by atoms with Gasteiger partial charge in [-0.2, -0.15) is 22.0 Å². The molecule has 1 aromatic carbocycles. The molecule has 2 N–H and O–H groups in total. The second kappa shape index (κ2) is 12.7. The lowest BCUT2D eigenvalue weighted by molar-refractivity contribution is -0.159. The molecule has 4 rings (SSSR count). The van der Waals surface area contributed by atoms with Gasteiger partial charge in [-0.05, 0) is 55.3 Å². The van der Waals surface area contributed by atoms with Crippen LogP contribution in [0.3, 0.4) is 0 Å². The van der Waals surface area contributed by atoms with Gasteiger partial charge in [-0.1, -0.05) is 11.2 Å². The summed E-state index contributed by atoms with van der Waals surface area (Å²) in [6.45, 7) is -0.266. The van der Waals surface area contributed by atoms with Crippen LogP contribution in [-0.2, 0) is 4.79 Å². The normalized spacial score (nSPS) is 17.3. The van der Waals surface area contributed by atoms with Gasteiger partial charge in [0.1, 0.15) is 23.6 Å². The highest BCUT2D eigenvalue weighted by atomic mass is 19.4. The molecule has 0 saturated heterocycles. The zero-order valence-electron chi connectivity index (χ0n) is 22.7. The van der Waals surface area contributed by atoms with E-state index in [4.69, 9.17) is 0 Å². The molecule has 1 saturated carbocycles. The average Bonchev–Trinajstić information content (AvgIpc) is 3.56. The molecule has 17 heteroatoms. The van der Waals surface area contributed by atoms with Gasteiger partial charge in [0.15, 0.2) is 11.5 Å². The van der Waals surface area contributed by atoms with Crippen LogP contribution in [0.15, 0.2) is 28.4 Å². The Hall–Kier alpha value is -4.05. The van der Waals surface area contributed by atoms with Crippen molar-refractivity contribution in [1.82, 2.24) is 30.5 Å². The van der Waals surface area contributed by atoms with Crippen molar-refractivity contribution in [3.63, 3.8) is 0 Å². The lowest BCUT2D eigenvalue weighted by atomic mass is 9.81. The number of hydrogen-bond acceptors (Lipinski definition) is 6. The number of carbonyl (C=O) groups is 2. The second-order valence-electron chi connectivity index (χ2n) is 10.3. The van der Waals surface area contributed by atoms with Crippen molar-refractivity contribution < 1.29 is 49.3 Å². The third-order valence-electron chi connectivity index (χ3n) is 7.34. The molecule has 0 radical (unpaired) electrons. The van der Waals surface area contributed by atoms with Gasteiger partial charge in [-0.3, -0.25) is 9.59 Å². The van der Waals surface area contributed by atoms with Gasteiger partial charge in [-0.25, -0.2) is 22.8 Å². The molecule has 43 heavy (non-hydrogen) atoms. The van der Waals surface area contributed by atoms with E-state index in [0.717, 1.165) is 13.1 Å². The number of imidazole rings is 1. The summed E-state index contributed by atoms with van der Waals surface area (Å²) < 4.78 is 112. The molecule has 2 amide bonds. The minimum Gasteiger partial charge on any atom is -0.340 e. The number of rotatable bonds is 9. The molecule has 0 spiro atoms. The number of allylic oxidation sites excluding steroid dienone is 1. The first-order valence-corrected chi connectivity index (χ1v) is 13.1. The summed E-state index contributed by atoms with van der Waals surface area (Å²) in [7, 11) is 0.774. The Balaban J connectivity index is 1.72. The summed E-state index contributed by atoms with van der Waals surface area (Å²) >= 11 is 0. The average molecular weight is 623 g/mol. The Morgan fingerprint density at radius 1 is 1.16 bits per heavy atom. The highest BCUT2D eigenvalue weighted by Crippen LogP contribution is 2.39. The minimum atomic E-state index is -4.81. The summed E-state index contributed by atoms with van der Waals surface area (Å²) in [5.41, 5.74) is -0.980. The molecule has 2 heterocycles. The lowest BCUT2D eigenvalue weighted by Crippen LogP contribution is -2.39. The van der Waals surface area contributed by atoms with Crippen molar-refractivity contribution in [3.8, 4) is 0 Å². The number of aromatic nitrogens is 4. The van der Waals surface area contributed by atoms with Crippen molar-refractivity contribution in [3.05, 3.63) is 52.4 Å². The fraction of sp³-hybridized carbons (Fsp3) is 0.500. The maximum atomic E-state index is 15.8. The highest BCUT2D eigenvalue weighted by molar-refractivity contribution is 5.93. The van der Waals surface area contributed by atoms with Gasteiger partial charge in [0.25, 0.3) is 12.0 Å². The monoisotopic (exact) mass is 622 g/mol. The molecule has 1 aliphatic carbocycles. The van der Waals surface area contributed by atoms with E-state index in [1.165, 1.54) is 13.0 Å². The standard InChI is InChI=1S/C26H26F8N6O3/c1-11-19(39-43-38-11)24(41)37-20(12-3-5-13(6-4-12)22(30)31)23-35-16-8-7-14(18(29)21(16)36-23)15(9-17(27)28)25(42)40(2)10-26(32,33)34/h7-8,12,15,17,20H,3-6,9-10H2,1-2H3,(H,35,36)(H,37,41). The number of halogens is 8. The number of amides is 2. The van der Waals surface area contributed by atoms with Crippen molar-refractivity contribution >= 4 is 22.8 Å². The van der Waals surface area contributed by atoms with Crippen molar-refractivity contribution in [2.75, 3.05) is 13.6 Å². The first kappa shape index (κ1) is 31.9. The maximum absolute atomic E-state index is 15.8. The molecule has 9 nitrogen and oxygen atoms in total. The minimum absolute atomic E-state index is 0.00224. The van der Waals surface area contributed by atoms with E-state index >= 15 is 4.39 Å². The molecule has 234 valence electrons. The SMILES string of the molecule is Cc1nonc1C(=O)NC(c1nc2c(F)c(C(CC(F)F)C(=O)N(C)CC(F)(F)F)ccc2[nH]1)C1CCC(=C(F)F)CC1. The van der Waals surface area contributed by atoms with E-state index < -0.39 is 78.2 Å². The van der Waals surface area contributed by atoms with E-state index in [-0.39, 0.29) is 58.9 Å². The number of hydrogen-bond donors (Lipinski definition) is 2. The molecule has 0 aliphatic heterocycles. The number of nitrogens with one attached hydrogen (secondary N) is 2. The smallest absolute Gasteiger partial charge is 0.340 e. The Kier molecular flexibility index (Phi) is 9.39. The number of aryl methyl sites for hydroxylation is 1. The quantitative estimate of drug-likeness (QED) is 0.285. The number of nitrogens with zero attached hydrogens (tertiary/aromatic N) is 4. The lowest BCUT2D eigenvalue weighted by Gasteiger charge is -2.30. The number of benzene rings is 1. The van der Waals surface area contributed by atoms with E-state index in [0.29, 0.717) is 0 Å². The van der Waals surface area contributed by atoms with Gasteiger partial charge in [-0.15, -0.1) is 0 Å². The van der Waals surface area contributed by atoms with Crippen LogP contribution in [0.2, 0.25) is 0 Å². The number of likely N-dealkylation sites (N-methyl/N-ethyl adjacent to an activating group) is 1. The van der Waals surface area contributed by atoms with Crippen molar-refractivity contribution in [2.24, 2.45) is 5.92 Å². The molecule has 3 aromatic rings. The van der Waals surface area contributed by atoms with Gasteiger partial charge >= 0.3 is 6.18 Å². The topological polar surface area (TPSA) is 117 Å². The van der Waals surface area contributed by atoms with Gasteiger partial charge in [0, 0.05) is 19.0 Å². The molecule has 1 aliphatic rings. The Morgan fingerprint density at radius 2 is 1.84 bits per heavy atom. The predicted molar refractivity (Wildman–Crippen MR) is 134 cm³/mol. The maximum Gasteiger partial charge on any atom is 0.406 e. The largest absolute Gasteiger partial charge is 0.406 e. The van der Waals surface area contributed by atoms with Crippen LogP contribution in [0.25, 0.3) is 11.0 Å². The molecule has 2 atom stereocenters. The molecular weight excluding hydrogens is 596 g/mol. The summed E-state index contributed by atoms with van der Waals surface area (Å²) in [6, 6.07) is 1.25. The van der Waals surface area contributed by atoms with E-state index in [9.17, 15) is 40.3 Å². The number of carbonyl (C=O) groups excluding carboxylic acids is 2. The van der Waals surface area contributed by atoms with Crippen LogP contribution in [0.5, 0.6) is 0 Å². The second-order valence-corrected chi connectivity index (χ2v) is 10.3. The zero-order chi connectivity index (χ0) is 31.6. The van der Waals surface area contributed by atoms with E-state index in [2.05, 4.69) is 30.2 Å². The Labute approximate surface area is 238 Å². The zero-order valence-corrected chi connectivity index (χ0v) is 22.7. The fourth-order valence-electron chi connectivity index (χ4n) is 5.21. The first-order chi connectivity index (χ1) is 20.2. The van der Waals surface area contributed by atoms with Crippen LogP contribution in [0, 0.1) is 18.7 Å². The van der Waals surface area contributed by atoms with Crippen molar-refractivity contribution in [1.29, 1.82) is 0 Å². The van der Waals surface area contributed by atoms with Crippen LogP contribution in [0.4, 0.5) is 35.1 Å². The van der Waals surface area contributed by atoms with Crippen LogP contribution < -0.4 is 5.32 Å². The fourth-order valence-corrected chi connectivity index (χ4v) is 5.21. The number of H-pyrrole nitrogens is 1. The predicted octanol–water partition coefficient (Wildman–Crippen LogP) is 5.96. The number of fused-ring (bicyclic) bond motifs is 1. The molecule has 1 fully saturated rings. The summed E-state index contributed by atoms with van der Waals surface area (Å²) in [5, 5.41) is 9.79. The Morgan fingerprint density at radius 3 is 2.40 bits per heavy atom. The number of aromatic amines is 1. The van der Waals surface area contributed by atoms with Gasteiger partial charge in [0.2, 0.25) is 12.3 Å². The van der Waals surface area contributed by atoms with Crippen molar-refractivity contribution in [2.45, 2.75) is 63.6 Å².